The summed E-state index contributed by atoms with van der Waals surface area (Å²) in [5, 5.41) is 9.59. The SMILES string of the molecule is CCc1cc(CO[C@H]2CNCC2NC(=O)c2cc(-c3ccc(C(=O)NC4CCC(C)CC4)cc3)cnc2N)ccc1C. The summed E-state index contributed by atoms with van der Waals surface area (Å²) in [6, 6.07) is 15.6. The molecule has 3 aromatic rings. The molecule has 42 heavy (non-hydrogen) atoms. The number of anilines is 1. The lowest BCUT2D eigenvalue weighted by Crippen LogP contribution is -2.44. The van der Waals surface area contributed by atoms with Crippen molar-refractivity contribution in [1.82, 2.24) is 20.9 Å². The number of hydrogen-bond donors (Lipinski definition) is 4. The van der Waals surface area contributed by atoms with Crippen molar-refractivity contribution < 1.29 is 14.3 Å². The zero-order chi connectivity index (χ0) is 29.6. The number of amides is 2. The highest BCUT2D eigenvalue weighted by Crippen LogP contribution is 2.25. The fourth-order valence-corrected chi connectivity index (χ4v) is 5.92. The molecule has 2 aliphatic rings. The van der Waals surface area contributed by atoms with Gasteiger partial charge in [0.05, 0.1) is 24.3 Å². The average Bonchev–Trinajstić information content (AvgIpc) is 3.44. The minimum absolute atomic E-state index is 0.0493. The topological polar surface area (TPSA) is 118 Å². The number of hydrogen-bond acceptors (Lipinski definition) is 6. The van der Waals surface area contributed by atoms with Gasteiger partial charge in [-0.3, -0.25) is 9.59 Å². The Bertz CT molecular complexity index is 1400. The third kappa shape index (κ3) is 7.17. The Morgan fingerprint density at radius 3 is 2.48 bits per heavy atom. The lowest BCUT2D eigenvalue weighted by atomic mass is 9.87. The molecular formula is C34H43N5O3. The number of aromatic nitrogens is 1. The Morgan fingerprint density at radius 1 is 0.976 bits per heavy atom. The van der Waals surface area contributed by atoms with Crippen LogP contribution in [0.3, 0.4) is 0 Å². The van der Waals surface area contributed by atoms with Gasteiger partial charge in [-0.15, -0.1) is 0 Å². The van der Waals surface area contributed by atoms with E-state index in [2.05, 4.69) is 59.9 Å². The van der Waals surface area contributed by atoms with Crippen LogP contribution in [-0.4, -0.2) is 48.1 Å². The van der Waals surface area contributed by atoms with Gasteiger partial charge in [0.2, 0.25) is 0 Å². The first kappa shape index (κ1) is 29.7. The molecule has 1 saturated carbocycles. The first-order valence-corrected chi connectivity index (χ1v) is 15.2. The quantitative estimate of drug-likeness (QED) is 0.294. The molecule has 8 nitrogen and oxygen atoms in total. The molecule has 1 aromatic heterocycles. The van der Waals surface area contributed by atoms with E-state index in [1.165, 1.54) is 11.1 Å². The Balaban J connectivity index is 1.20. The number of nitrogens with two attached hydrogens (primary N) is 1. The first-order valence-electron chi connectivity index (χ1n) is 15.2. The van der Waals surface area contributed by atoms with Gasteiger partial charge in [-0.05, 0) is 85.4 Å². The molecule has 2 heterocycles. The summed E-state index contributed by atoms with van der Waals surface area (Å²) < 4.78 is 6.23. The molecule has 2 amide bonds. The fourth-order valence-electron chi connectivity index (χ4n) is 5.92. The first-order chi connectivity index (χ1) is 20.3. The van der Waals surface area contributed by atoms with Gasteiger partial charge in [0, 0.05) is 36.5 Å². The third-order valence-electron chi connectivity index (χ3n) is 8.73. The van der Waals surface area contributed by atoms with E-state index in [0.29, 0.717) is 30.8 Å². The van der Waals surface area contributed by atoms with Crippen LogP contribution in [-0.2, 0) is 17.8 Å². The number of aryl methyl sites for hydroxylation is 2. The minimum atomic E-state index is -0.287. The van der Waals surface area contributed by atoms with Crippen LogP contribution in [0.5, 0.6) is 0 Å². The van der Waals surface area contributed by atoms with Gasteiger partial charge in [-0.2, -0.15) is 0 Å². The van der Waals surface area contributed by atoms with E-state index in [-0.39, 0.29) is 35.8 Å². The summed E-state index contributed by atoms with van der Waals surface area (Å²) in [5.74, 6) is 0.572. The van der Waals surface area contributed by atoms with Crippen LogP contribution in [0.15, 0.2) is 54.7 Å². The Kier molecular flexibility index (Phi) is 9.55. The highest BCUT2D eigenvalue weighted by atomic mass is 16.5. The third-order valence-corrected chi connectivity index (χ3v) is 8.73. The normalized spacial score (nSPS) is 22.1. The van der Waals surface area contributed by atoms with E-state index in [4.69, 9.17) is 10.5 Å². The maximum Gasteiger partial charge on any atom is 0.255 e. The molecule has 2 fully saturated rings. The number of carbonyl (C=O) groups excluding carboxylic acids is 2. The summed E-state index contributed by atoms with van der Waals surface area (Å²) in [4.78, 5) is 30.4. The Hall–Kier alpha value is -3.75. The highest BCUT2D eigenvalue weighted by molar-refractivity contribution is 6.00. The molecule has 1 saturated heterocycles. The summed E-state index contributed by atoms with van der Waals surface area (Å²) >= 11 is 0. The maximum absolute atomic E-state index is 13.3. The monoisotopic (exact) mass is 569 g/mol. The maximum atomic E-state index is 13.3. The van der Waals surface area contributed by atoms with Crippen LogP contribution >= 0.6 is 0 Å². The van der Waals surface area contributed by atoms with Crippen LogP contribution < -0.4 is 21.7 Å². The van der Waals surface area contributed by atoms with E-state index in [9.17, 15) is 9.59 Å². The molecule has 2 aromatic carbocycles. The summed E-state index contributed by atoms with van der Waals surface area (Å²) in [6.45, 7) is 8.30. The van der Waals surface area contributed by atoms with Crippen LogP contribution in [0.1, 0.15) is 76.9 Å². The number of pyridine rings is 1. The van der Waals surface area contributed by atoms with Crippen LogP contribution in [0.25, 0.3) is 11.1 Å². The summed E-state index contributed by atoms with van der Waals surface area (Å²) in [7, 11) is 0. The second-order valence-corrected chi connectivity index (χ2v) is 11.9. The van der Waals surface area contributed by atoms with Gasteiger partial charge >= 0.3 is 0 Å². The van der Waals surface area contributed by atoms with Crippen molar-refractivity contribution in [2.24, 2.45) is 5.92 Å². The number of nitrogens with one attached hydrogen (secondary N) is 3. The standard InChI is InChI=1S/C34H43N5O3/c1-4-24-15-23(8-7-22(24)3)20-42-31-19-36-18-30(31)39-34(41)29-16-27(17-37-32(29)35)25-9-11-26(12-10-25)33(40)38-28-13-5-21(2)6-14-28/h7-12,15-17,21,28,30-31,36H,4-6,13-14,18-20H2,1-3H3,(H2,35,37)(H,38,40)(H,39,41)/t21?,28?,30?,31-/m0/s1. The molecule has 2 atom stereocenters. The number of carbonyl (C=O) groups is 2. The smallest absolute Gasteiger partial charge is 0.255 e. The minimum Gasteiger partial charge on any atom is -0.383 e. The Morgan fingerprint density at radius 2 is 1.74 bits per heavy atom. The summed E-state index contributed by atoms with van der Waals surface area (Å²) in [6.07, 6.45) is 6.85. The zero-order valence-electron chi connectivity index (χ0n) is 24.9. The fraction of sp³-hybridized carbons (Fsp3) is 0.441. The zero-order valence-corrected chi connectivity index (χ0v) is 24.9. The van der Waals surface area contributed by atoms with Crippen LogP contribution in [0.2, 0.25) is 0 Å². The predicted molar refractivity (Wildman–Crippen MR) is 166 cm³/mol. The number of ether oxygens (including phenoxy) is 1. The van der Waals surface area contributed by atoms with Crippen molar-refractivity contribution in [3.05, 3.63) is 82.5 Å². The van der Waals surface area contributed by atoms with Gasteiger partial charge in [-0.25, -0.2) is 4.98 Å². The van der Waals surface area contributed by atoms with Gasteiger partial charge in [0.15, 0.2) is 0 Å². The van der Waals surface area contributed by atoms with E-state index >= 15 is 0 Å². The van der Waals surface area contributed by atoms with E-state index in [1.54, 1.807) is 12.3 Å². The molecule has 1 aliphatic heterocycles. The second-order valence-electron chi connectivity index (χ2n) is 11.9. The predicted octanol–water partition coefficient (Wildman–Crippen LogP) is 4.80. The molecule has 8 heteroatoms. The van der Waals surface area contributed by atoms with Crippen molar-refractivity contribution >= 4 is 17.6 Å². The van der Waals surface area contributed by atoms with Crippen molar-refractivity contribution in [3.8, 4) is 11.1 Å². The van der Waals surface area contributed by atoms with Crippen molar-refractivity contribution in [2.75, 3.05) is 18.8 Å². The van der Waals surface area contributed by atoms with E-state index < -0.39 is 0 Å². The molecule has 0 bridgehead atoms. The highest BCUT2D eigenvalue weighted by Gasteiger charge is 2.30. The number of nitrogens with zero attached hydrogens (tertiary/aromatic N) is 1. The number of rotatable bonds is 9. The summed E-state index contributed by atoms with van der Waals surface area (Å²) in [5.41, 5.74) is 12.4. The molecule has 0 radical (unpaired) electrons. The van der Waals surface area contributed by atoms with Gasteiger partial charge in [0.25, 0.3) is 11.8 Å². The molecule has 1 unspecified atom stereocenters. The van der Waals surface area contributed by atoms with E-state index in [0.717, 1.165) is 54.7 Å². The molecular weight excluding hydrogens is 526 g/mol. The lowest BCUT2D eigenvalue weighted by Gasteiger charge is -2.26. The van der Waals surface area contributed by atoms with Gasteiger partial charge in [-0.1, -0.05) is 44.2 Å². The lowest BCUT2D eigenvalue weighted by molar-refractivity contribution is 0.0357. The average molecular weight is 570 g/mol. The molecule has 222 valence electrons. The van der Waals surface area contributed by atoms with Crippen molar-refractivity contribution in [3.63, 3.8) is 0 Å². The molecule has 5 N–H and O–H groups in total. The van der Waals surface area contributed by atoms with Gasteiger partial charge in [0.1, 0.15) is 5.82 Å². The van der Waals surface area contributed by atoms with E-state index in [1.807, 2.05) is 24.3 Å². The number of benzene rings is 2. The Labute approximate surface area is 248 Å². The molecule has 0 spiro atoms. The van der Waals surface area contributed by atoms with Gasteiger partial charge < -0.3 is 26.4 Å². The largest absolute Gasteiger partial charge is 0.383 e. The van der Waals surface area contributed by atoms with Crippen molar-refractivity contribution in [2.45, 2.75) is 77.7 Å². The second kappa shape index (κ2) is 13.5. The van der Waals surface area contributed by atoms with Crippen LogP contribution in [0.4, 0.5) is 5.82 Å². The molecule has 1 aliphatic carbocycles. The van der Waals surface area contributed by atoms with Crippen LogP contribution in [0, 0.1) is 12.8 Å². The molecule has 5 rings (SSSR count). The van der Waals surface area contributed by atoms with Crippen molar-refractivity contribution in [1.29, 1.82) is 0 Å². The number of nitrogen functional groups attached to an aromatic ring is 1.